The molecule has 1 heterocycles. The van der Waals surface area contributed by atoms with E-state index in [1.807, 2.05) is 0 Å². The first-order valence-electron chi connectivity index (χ1n) is 7.15. The molecule has 1 fully saturated rings. The molecule has 7 nitrogen and oxygen atoms in total. The van der Waals surface area contributed by atoms with E-state index >= 15 is 0 Å². The summed E-state index contributed by atoms with van der Waals surface area (Å²) in [5.41, 5.74) is 6.17. The number of nitrogens with one attached hydrogen (secondary N) is 2. The number of nitrogens with two attached hydrogens (primary N) is 1. The van der Waals surface area contributed by atoms with E-state index in [1.54, 1.807) is 31.3 Å². The lowest BCUT2D eigenvalue weighted by Crippen LogP contribution is -2.31. The first-order chi connectivity index (χ1) is 10.5. The van der Waals surface area contributed by atoms with E-state index in [1.165, 1.54) is 4.90 Å². The fourth-order valence-corrected chi connectivity index (χ4v) is 2.35. The molecule has 0 aromatic heterocycles. The average molecular weight is 341 g/mol. The van der Waals surface area contributed by atoms with E-state index in [-0.39, 0.29) is 36.5 Å². The van der Waals surface area contributed by atoms with E-state index in [2.05, 4.69) is 10.6 Å². The largest absolute Gasteiger partial charge is 0.351 e. The van der Waals surface area contributed by atoms with Gasteiger partial charge in [-0.05, 0) is 12.1 Å². The van der Waals surface area contributed by atoms with Gasteiger partial charge in [0.1, 0.15) is 0 Å². The van der Waals surface area contributed by atoms with Gasteiger partial charge >= 0.3 is 0 Å². The maximum atomic E-state index is 12.3. The summed E-state index contributed by atoms with van der Waals surface area (Å²) < 4.78 is 0. The van der Waals surface area contributed by atoms with Crippen molar-refractivity contribution in [1.29, 1.82) is 0 Å². The second kappa shape index (κ2) is 8.50. The summed E-state index contributed by atoms with van der Waals surface area (Å²) in [6.45, 7) is 1.10. The van der Waals surface area contributed by atoms with E-state index in [0.717, 1.165) is 0 Å². The van der Waals surface area contributed by atoms with Crippen molar-refractivity contribution in [2.75, 3.05) is 32.0 Å². The number of nitrogens with zero attached hydrogens (tertiary/aromatic N) is 1. The number of amides is 3. The third-order valence-electron chi connectivity index (χ3n) is 3.57. The minimum atomic E-state index is -0.391. The molecule has 0 radical (unpaired) electrons. The molecule has 0 spiro atoms. The number of carbonyl (C=O) groups is 3. The first-order valence-corrected chi connectivity index (χ1v) is 7.15. The lowest BCUT2D eigenvalue weighted by atomic mass is 10.1. The summed E-state index contributed by atoms with van der Waals surface area (Å²) in [4.78, 5) is 37.3. The zero-order valence-electron chi connectivity index (χ0n) is 12.9. The summed E-state index contributed by atoms with van der Waals surface area (Å²) in [7, 11) is 1.67. The lowest BCUT2D eigenvalue weighted by molar-refractivity contribution is -0.127. The van der Waals surface area contributed by atoms with E-state index in [4.69, 9.17) is 5.73 Å². The molecule has 23 heavy (non-hydrogen) atoms. The Kier molecular flexibility index (Phi) is 6.99. The number of carbonyl (C=O) groups excluding carboxylic acids is 3. The predicted molar refractivity (Wildman–Crippen MR) is 89.5 cm³/mol. The van der Waals surface area contributed by atoms with Crippen LogP contribution in [0.25, 0.3) is 0 Å². The molecule has 1 aromatic rings. The number of hydrogen-bond acceptors (Lipinski definition) is 4. The highest BCUT2D eigenvalue weighted by molar-refractivity contribution is 6.05. The van der Waals surface area contributed by atoms with Crippen LogP contribution in [0.3, 0.4) is 0 Å². The molecule has 1 aliphatic heterocycles. The van der Waals surface area contributed by atoms with Crippen molar-refractivity contribution in [2.24, 2.45) is 11.7 Å². The van der Waals surface area contributed by atoms with Crippen molar-refractivity contribution in [3.05, 3.63) is 29.8 Å². The summed E-state index contributed by atoms with van der Waals surface area (Å²) in [6.07, 6.45) is 0.198. The summed E-state index contributed by atoms with van der Waals surface area (Å²) in [6, 6.07) is 6.75. The zero-order chi connectivity index (χ0) is 16.1. The second-order valence-electron chi connectivity index (χ2n) is 5.25. The quantitative estimate of drug-likeness (QED) is 0.712. The fourth-order valence-electron chi connectivity index (χ4n) is 2.35. The Morgan fingerprint density at radius 1 is 1.35 bits per heavy atom. The molecule has 3 amide bonds. The number of hydrogen-bond donors (Lipinski definition) is 3. The Balaban J connectivity index is 0.00000264. The molecule has 0 saturated carbocycles. The van der Waals surface area contributed by atoms with Gasteiger partial charge in [-0.15, -0.1) is 12.4 Å². The van der Waals surface area contributed by atoms with Crippen LogP contribution in [0.2, 0.25) is 0 Å². The smallest absolute Gasteiger partial charge is 0.253 e. The van der Waals surface area contributed by atoms with Crippen LogP contribution >= 0.6 is 12.4 Å². The summed E-state index contributed by atoms with van der Waals surface area (Å²) >= 11 is 0. The highest BCUT2D eigenvalue weighted by Crippen LogP contribution is 2.20. The molecular weight excluding hydrogens is 320 g/mol. The Morgan fingerprint density at radius 2 is 2.04 bits per heavy atom. The van der Waals surface area contributed by atoms with Gasteiger partial charge in [0, 0.05) is 33.1 Å². The van der Waals surface area contributed by atoms with Gasteiger partial charge in [-0.25, -0.2) is 0 Å². The average Bonchev–Trinajstić information content (AvgIpc) is 2.85. The molecule has 4 N–H and O–H groups in total. The summed E-state index contributed by atoms with van der Waals surface area (Å²) in [5.74, 6) is -0.982. The fraction of sp³-hybridized carbons (Fsp3) is 0.400. The van der Waals surface area contributed by atoms with E-state index in [0.29, 0.717) is 30.9 Å². The lowest BCUT2D eigenvalue weighted by Gasteiger charge is -2.14. The van der Waals surface area contributed by atoms with Crippen molar-refractivity contribution in [3.63, 3.8) is 0 Å². The number of para-hydroxylation sites is 1. The van der Waals surface area contributed by atoms with Crippen molar-refractivity contribution in [3.8, 4) is 0 Å². The molecule has 1 aromatic carbocycles. The Hall–Kier alpha value is -2.12. The van der Waals surface area contributed by atoms with Crippen molar-refractivity contribution >= 4 is 35.8 Å². The minimum Gasteiger partial charge on any atom is -0.351 e. The molecule has 1 atom stereocenters. The van der Waals surface area contributed by atoms with Gasteiger partial charge < -0.3 is 21.3 Å². The Morgan fingerprint density at radius 3 is 2.65 bits per heavy atom. The van der Waals surface area contributed by atoms with Crippen molar-refractivity contribution in [1.82, 2.24) is 10.2 Å². The number of anilines is 1. The molecule has 0 aliphatic carbocycles. The van der Waals surface area contributed by atoms with Crippen LogP contribution in [-0.4, -0.2) is 49.3 Å². The van der Waals surface area contributed by atoms with Gasteiger partial charge in [-0.2, -0.15) is 0 Å². The molecule has 126 valence electrons. The van der Waals surface area contributed by atoms with Crippen molar-refractivity contribution < 1.29 is 14.4 Å². The molecule has 0 bridgehead atoms. The standard InChI is InChI=1S/C15H20N4O3.ClH/c1-19-9-10(8-13(19)20)14(21)18-12-5-3-2-4-11(12)15(22)17-7-6-16;/h2-5,10H,6-9,16H2,1H3,(H,17,22)(H,18,21);1H. The van der Waals surface area contributed by atoms with Crippen LogP contribution in [0, 0.1) is 5.92 Å². The topological polar surface area (TPSA) is 105 Å². The number of likely N-dealkylation sites (tertiary alicyclic amines) is 1. The van der Waals surface area contributed by atoms with Crippen LogP contribution in [0.1, 0.15) is 16.8 Å². The van der Waals surface area contributed by atoms with Gasteiger partial charge in [-0.1, -0.05) is 12.1 Å². The Labute approximate surface area is 141 Å². The van der Waals surface area contributed by atoms with Crippen LogP contribution in [-0.2, 0) is 9.59 Å². The van der Waals surface area contributed by atoms with Crippen LogP contribution in [0.4, 0.5) is 5.69 Å². The maximum absolute atomic E-state index is 12.3. The van der Waals surface area contributed by atoms with Crippen LogP contribution in [0.5, 0.6) is 0 Å². The maximum Gasteiger partial charge on any atom is 0.253 e. The molecule has 1 unspecified atom stereocenters. The normalized spacial score (nSPS) is 16.7. The number of rotatable bonds is 5. The molecule has 2 rings (SSSR count). The number of halogens is 1. The van der Waals surface area contributed by atoms with Gasteiger partial charge in [0.2, 0.25) is 11.8 Å². The highest BCUT2D eigenvalue weighted by atomic mass is 35.5. The molecule has 1 saturated heterocycles. The van der Waals surface area contributed by atoms with Crippen LogP contribution in [0.15, 0.2) is 24.3 Å². The Bertz CT molecular complexity index is 594. The zero-order valence-corrected chi connectivity index (χ0v) is 13.7. The van der Waals surface area contributed by atoms with E-state index in [9.17, 15) is 14.4 Å². The van der Waals surface area contributed by atoms with Gasteiger partial charge in [0.25, 0.3) is 5.91 Å². The monoisotopic (exact) mass is 340 g/mol. The highest BCUT2D eigenvalue weighted by Gasteiger charge is 2.32. The molecular formula is C15H21ClN4O3. The van der Waals surface area contributed by atoms with Crippen molar-refractivity contribution in [2.45, 2.75) is 6.42 Å². The van der Waals surface area contributed by atoms with Gasteiger partial charge in [0.15, 0.2) is 0 Å². The summed E-state index contributed by atoms with van der Waals surface area (Å²) in [5, 5.41) is 5.41. The van der Waals surface area contributed by atoms with Gasteiger partial charge in [0.05, 0.1) is 17.2 Å². The first kappa shape index (κ1) is 18.9. The molecule has 1 aliphatic rings. The molecule has 8 heteroatoms. The van der Waals surface area contributed by atoms with Gasteiger partial charge in [-0.3, -0.25) is 14.4 Å². The van der Waals surface area contributed by atoms with Crippen LogP contribution < -0.4 is 16.4 Å². The third kappa shape index (κ3) is 4.67. The van der Waals surface area contributed by atoms with E-state index < -0.39 is 5.92 Å². The third-order valence-corrected chi connectivity index (χ3v) is 3.57. The predicted octanol–water partition coefficient (Wildman–Crippen LogP) is 0.214. The minimum absolute atomic E-state index is 0. The number of benzene rings is 1. The second-order valence-corrected chi connectivity index (χ2v) is 5.25. The SMILES string of the molecule is CN1CC(C(=O)Nc2ccccc2C(=O)NCCN)CC1=O.Cl.